The summed E-state index contributed by atoms with van der Waals surface area (Å²) >= 11 is 0. The molecule has 0 amide bonds. The first-order valence-corrected chi connectivity index (χ1v) is 6.41. The van der Waals surface area contributed by atoms with E-state index >= 15 is 0 Å². The molecule has 0 aromatic carbocycles. The van der Waals surface area contributed by atoms with Crippen LogP contribution in [0.25, 0.3) is 0 Å². The smallest absolute Gasteiger partial charge is 0.160 e. The molecule has 0 bridgehead atoms. The second kappa shape index (κ2) is 3.81. The van der Waals surface area contributed by atoms with Gasteiger partial charge in [0.05, 0.1) is 6.10 Å². The summed E-state index contributed by atoms with van der Waals surface area (Å²) in [5, 5.41) is 0. The third kappa shape index (κ3) is 1.45. The fourth-order valence-electron chi connectivity index (χ4n) is 4.07. The molecule has 1 aliphatic heterocycles. The molecule has 3 rings (SSSR count). The SMILES string of the molecule is COC1O[C@H]2C[C@@H](C)C[C@H]3C(=O)CC[C@@H]1[C@H]23. The molecule has 3 nitrogen and oxygen atoms in total. The van der Waals surface area contributed by atoms with Gasteiger partial charge in [0, 0.05) is 31.3 Å². The van der Waals surface area contributed by atoms with Crippen molar-refractivity contribution in [2.45, 2.75) is 45.0 Å². The number of carbonyl (C=O) groups is 1. The van der Waals surface area contributed by atoms with Gasteiger partial charge in [0.1, 0.15) is 5.78 Å². The highest BCUT2D eigenvalue weighted by molar-refractivity contribution is 5.82. The fraction of sp³-hybridized carbons (Fsp3) is 0.923. The van der Waals surface area contributed by atoms with E-state index in [4.69, 9.17) is 9.47 Å². The Labute approximate surface area is 96.5 Å². The van der Waals surface area contributed by atoms with Crippen LogP contribution in [0.1, 0.15) is 32.6 Å². The molecule has 1 unspecified atom stereocenters. The van der Waals surface area contributed by atoms with Gasteiger partial charge >= 0.3 is 0 Å². The molecule has 3 heteroatoms. The Morgan fingerprint density at radius 1 is 1.38 bits per heavy atom. The maximum absolute atomic E-state index is 12.0. The number of carbonyl (C=O) groups excluding carboxylic acids is 1. The average molecular weight is 224 g/mol. The molecule has 0 radical (unpaired) electrons. The van der Waals surface area contributed by atoms with Crippen molar-refractivity contribution in [2.24, 2.45) is 23.7 Å². The van der Waals surface area contributed by atoms with Crippen molar-refractivity contribution in [3.05, 3.63) is 0 Å². The number of ketones is 1. The lowest BCUT2D eigenvalue weighted by Gasteiger charge is -2.40. The summed E-state index contributed by atoms with van der Waals surface area (Å²) < 4.78 is 11.4. The second-order valence-corrected chi connectivity index (χ2v) is 5.71. The van der Waals surface area contributed by atoms with Gasteiger partial charge in [0.2, 0.25) is 0 Å². The van der Waals surface area contributed by atoms with E-state index in [0.29, 0.717) is 23.5 Å². The minimum Gasteiger partial charge on any atom is -0.356 e. The van der Waals surface area contributed by atoms with Gasteiger partial charge in [-0.2, -0.15) is 0 Å². The van der Waals surface area contributed by atoms with Crippen molar-refractivity contribution in [1.82, 2.24) is 0 Å². The summed E-state index contributed by atoms with van der Waals surface area (Å²) in [6.07, 6.45) is 4.07. The fourth-order valence-corrected chi connectivity index (χ4v) is 4.07. The van der Waals surface area contributed by atoms with Gasteiger partial charge in [-0.3, -0.25) is 4.79 Å². The molecule has 0 aromatic heterocycles. The lowest BCUT2D eigenvalue weighted by Crippen LogP contribution is -2.43. The van der Waals surface area contributed by atoms with Crippen LogP contribution >= 0.6 is 0 Å². The number of rotatable bonds is 1. The third-order valence-electron chi connectivity index (χ3n) is 4.71. The largest absolute Gasteiger partial charge is 0.356 e. The van der Waals surface area contributed by atoms with E-state index in [0.717, 1.165) is 25.7 Å². The van der Waals surface area contributed by atoms with Gasteiger partial charge in [-0.05, 0) is 25.2 Å². The molecular formula is C13H20O3. The zero-order valence-corrected chi connectivity index (χ0v) is 10.0. The molecule has 3 fully saturated rings. The van der Waals surface area contributed by atoms with E-state index in [1.807, 2.05) is 0 Å². The summed E-state index contributed by atoms with van der Waals surface area (Å²) in [6.45, 7) is 2.23. The Balaban J connectivity index is 1.89. The van der Waals surface area contributed by atoms with E-state index in [1.165, 1.54) is 0 Å². The van der Waals surface area contributed by atoms with Crippen molar-refractivity contribution >= 4 is 5.78 Å². The standard InChI is InChI=1S/C13H20O3/c1-7-5-9-10(14)4-3-8-12(9)11(6-7)16-13(8)15-2/h7-9,11-13H,3-6H2,1-2H3/t7-,8+,9-,11-,12-,13?/m0/s1. The summed E-state index contributed by atoms with van der Waals surface area (Å²) in [5.41, 5.74) is 0. The van der Waals surface area contributed by atoms with E-state index in [1.54, 1.807) is 7.11 Å². The maximum atomic E-state index is 12.0. The number of ether oxygens (including phenoxy) is 2. The predicted molar refractivity (Wildman–Crippen MR) is 58.8 cm³/mol. The number of hydrogen-bond acceptors (Lipinski definition) is 3. The van der Waals surface area contributed by atoms with Crippen molar-refractivity contribution in [1.29, 1.82) is 0 Å². The van der Waals surface area contributed by atoms with Crippen molar-refractivity contribution in [3.8, 4) is 0 Å². The van der Waals surface area contributed by atoms with E-state index in [-0.39, 0.29) is 18.3 Å². The molecule has 1 heterocycles. The molecule has 90 valence electrons. The minimum atomic E-state index is -0.0594. The van der Waals surface area contributed by atoms with Gasteiger partial charge in [0.15, 0.2) is 6.29 Å². The van der Waals surface area contributed by atoms with Gasteiger partial charge < -0.3 is 9.47 Å². The minimum absolute atomic E-state index is 0.0594. The highest BCUT2D eigenvalue weighted by atomic mass is 16.7. The third-order valence-corrected chi connectivity index (χ3v) is 4.71. The van der Waals surface area contributed by atoms with Gasteiger partial charge in [-0.1, -0.05) is 6.92 Å². The highest BCUT2D eigenvalue weighted by Crippen LogP contribution is 2.51. The maximum Gasteiger partial charge on any atom is 0.160 e. The summed E-state index contributed by atoms with van der Waals surface area (Å²) in [7, 11) is 1.72. The van der Waals surface area contributed by atoms with Crippen molar-refractivity contribution < 1.29 is 14.3 Å². The molecule has 0 N–H and O–H groups in total. The molecular weight excluding hydrogens is 204 g/mol. The van der Waals surface area contributed by atoms with Crippen molar-refractivity contribution in [2.75, 3.05) is 7.11 Å². The first-order valence-electron chi connectivity index (χ1n) is 6.41. The van der Waals surface area contributed by atoms with Crippen LogP contribution in [-0.4, -0.2) is 25.3 Å². The Morgan fingerprint density at radius 3 is 2.94 bits per heavy atom. The molecule has 3 aliphatic rings. The topological polar surface area (TPSA) is 35.5 Å². The summed E-state index contributed by atoms with van der Waals surface area (Å²) in [6, 6.07) is 0. The Hall–Kier alpha value is -0.410. The van der Waals surface area contributed by atoms with Crippen LogP contribution in [0.4, 0.5) is 0 Å². The lowest BCUT2D eigenvalue weighted by atomic mass is 9.63. The zero-order valence-electron chi connectivity index (χ0n) is 10.0. The van der Waals surface area contributed by atoms with E-state index in [2.05, 4.69) is 6.92 Å². The highest BCUT2D eigenvalue weighted by Gasteiger charge is 2.54. The zero-order chi connectivity index (χ0) is 11.3. The summed E-state index contributed by atoms with van der Waals surface area (Å²) in [5.74, 6) is 2.25. The molecule has 2 aliphatic carbocycles. The van der Waals surface area contributed by atoms with Crippen LogP contribution in [0.2, 0.25) is 0 Å². The monoisotopic (exact) mass is 224 g/mol. The summed E-state index contributed by atoms with van der Waals surface area (Å²) in [4.78, 5) is 12.0. The lowest BCUT2D eigenvalue weighted by molar-refractivity contribution is -0.135. The molecule has 16 heavy (non-hydrogen) atoms. The number of methoxy groups -OCH3 is 1. The first-order chi connectivity index (χ1) is 7.70. The van der Waals surface area contributed by atoms with Crippen molar-refractivity contribution in [3.63, 3.8) is 0 Å². The Morgan fingerprint density at radius 2 is 2.19 bits per heavy atom. The molecule has 0 aromatic rings. The van der Waals surface area contributed by atoms with Crippen LogP contribution < -0.4 is 0 Å². The normalized spacial score (nSPS) is 51.5. The quantitative estimate of drug-likeness (QED) is 0.683. The van der Waals surface area contributed by atoms with E-state index in [9.17, 15) is 4.79 Å². The van der Waals surface area contributed by atoms with Crippen LogP contribution in [0.5, 0.6) is 0 Å². The molecule has 2 saturated carbocycles. The van der Waals surface area contributed by atoms with Crippen LogP contribution in [-0.2, 0) is 14.3 Å². The Bertz CT molecular complexity index is 302. The molecule has 6 atom stereocenters. The Kier molecular flexibility index (Phi) is 2.55. The first kappa shape index (κ1) is 10.7. The predicted octanol–water partition coefficient (Wildman–Crippen LogP) is 2.00. The van der Waals surface area contributed by atoms with Gasteiger partial charge in [-0.25, -0.2) is 0 Å². The molecule has 1 saturated heterocycles. The van der Waals surface area contributed by atoms with Gasteiger partial charge in [-0.15, -0.1) is 0 Å². The van der Waals surface area contributed by atoms with Gasteiger partial charge in [0.25, 0.3) is 0 Å². The number of Topliss-reactive ketones (excluding diaryl/α,β-unsaturated/α-hetero) is 1. The van der Waals surface area contributed by atoms with E-state index < -0.39 is 0 Å². The molecule has 0 spiro atoms. The van der Waals surface area contributed by atoms with Crippen LogP contribution in [0, 0.1) is 23.7 Å². The van der Waals surface area contributed by atoms with Crippen LogP contribution in [0.15, 0.2) is 0 Å². The van der Waals surface area contributed by atoms with Crippen LogP contribution in [0.3, 0.4) is 0 Å². The average Bonchev–Trinajstić information content (AvgIpc) is 2.62. The second-order valence-electron chi connectivity index (χ2n) is 5.71. The number of hydrogen-bond donors (Lipinski definition) is 0.